The predicted octanol–water partition coefficient (Wildman–Crippen LogP) is 2.05. The number of esters is 1. The summed E-state index contributed by atoms with van der Waals surface area (Å²) < 4.78 is 9.79. The number of carbonyl (C=O) groups excluding carboxylic acids is 1. The highest BCUT2D eigenvalue weighted by Crippen LogP contribution is 2.20. The molecule has 1 aromatic carbocycles. The minimum Gasteiger partial charge on any atom is -0.475 e. The van der Waals surface area contributed by atoms with Gasteiger partial charge in [-0.1, -0.05) is 5.92 Å². The molecule has 1 heterocycles. The molecule has 0 saturated carbocycles. The van der Waals surface area contributed by atoms with Crippen LogP contribution in [-0.4, -0.2) is 23.7 Å². The summed E-state index contributed by atoms with van der Waals surface area (Å²) in [5.74, 6) is 3.12. The van der Waals surface area contributed by atoms with E-state index in [9.17, 15) is 9.59 Å². The maximum absolute atomic E-state index is 11.1. The van der Waals surface area contributed by atoms with Gasteiger partial charge < -0.3 is 14.3 Å². The normalized spacial score (nSPS) is 9.74. The van der Waals surface area contributed by atoms with Crippen LogP contribution in [0, 0.1) is 11.8 Å². The fourth-order valence-corrected chi connectivity index (χ4v) is 1.52. The Balaban J connectivity index is 2.31. The summed E-state index contributed by atoms with van der Waals surface area (Å²) >= 11 is 0. The fraction of sp³-hybridized carbons (Fsp3) is 0.143. The van der Waals surface area contributed by atoms with Gasteiger partial charge in [0.25, 0.3) is 0 Å². The van der Waals surface area contributed by atoms with Gasteiger partial charge in [0.05, 0.1) is 6.61 Å². The Bertz CT molecular complexity index is 699. The molecule has 0 aliphatic rings. The van der Waals surface area contributed by atoms with Crippen LogP contribution in [0.15, 0.2) is 28.7 Å². The smallest absolute Gasteiger partial charge is 0.384 e. The van der Waals surface area contributed by atoms with Crippen LogP contribution in [0.25, 0.3) is 11.0 Å². The molecule has 19 heavy (non-hydrogen) atoms. The first-order valence-corrected chi connectivity index (χ1v) is 5.56. The van der Waals surface area contributed by atoms with Crippen molar-refractivity contribution in [3.8, 4) is 11.8 Å². The van der Waals surface area contributed by atoms with Crippen LogP contribution in [0.1, 0.15) is 23.0 Å². The quantitative estimate of drug-likeness (QED) is 0.659. The summed E-state index contributed by atoms with van der Waals surface area (Å²) in [7, 11) is 0. The standard InChI is InChI=1S/C14H10O5/c1-2-18-13(15)6-4-9-3-5-11-10(7-9)8-12(19-11)14(16)17/h3,5,7-8H,2H2,1H3,(H,16,17). The SMILES string of the molecule is CCOC(=O)C#Cc1ccc2oc(C(=O)O)cc2c1. The molecule has 0 bridgehead atoms. The van der Waals surface area contributed by atoms with Gasteiger partial charge in [-0.05, 0) is 31.2 Å². The molecule has 0 aliphatic heterocycles. The van der Waals surface area contributed by atoms with Crippen molar-refractivity contribution in [1.82, 2.24) is 0 Å². The molecule has 0 aliphatic carbocycles. The van der Waals surface area contributed by atoms with Gasteiger partial charge in [0.2, 0.25) is 5.76 Å². The summed E-state index contributed by atoms with van der Waals surface area (Å²) in [6.45, 7) is 1.97. The molecule has 0 unspecified atom stereocenters. The average molecular weight is 258 g/mol. The average Bonchev–Trinajstić information content (AvgIpc) is 2.80. The molecule has 0 saturated heterocycles. The van der Waals surface area contributed by atoms with Gasteiger partial charge in [0.1, 0.15) is 5.58 Å². The largest absolute Gasteiger partial charge is 0.475 e. The Hall–Kier alpha value is -2.74. The van der Waals surface area contributed by atoms with Gasteiger partial charge in [0, 0.05) is 16.9 Å². The van der Waals surface area contributed by atoms with E-state index in [-0.39, 0.29) is 12.4 Å². The molecule has 1 aromatic heterocycles. The fourth-order valence-electron chi connectivity index (χ4n) is 1.52. The number of hydrogen-bond donors (Lipinski definition) is 1. The Labute approximate surface area is 108 Å². The summed E-state index contributed by atoms with van der Waals surface area (Å²) in [5, 5.41) is 9.43. The zero-order valence-corrected chi connectivity index (χ0v) is 10.1. The number of carboxylic acid groups (broad SMARTS) is 1. The third kappa shape index (κ3) is 2.93. The Morgan fingerprint density at radius 1 is 1.37 bits per heavy atom. The van der Waals surface area contributed by atoms with Crippen molar-refractivity contribution in [3.05, 3.63) is 35.6 Å². The predicted molar refractivity (Wildman–Crippen MR) is 66.7 cm³/mol. The lowest BCUT2D eigenvalue weighted by Crippen LogP contribution is -1.99. The van der Waals surface area contributed by atoms with Crippen molar-refractivity contribution >= 4 is 22.9 Å². The first kappa shape index (κ1) is 12.7. The van der Waals surface area contributed by atoms with Crippen molar-refractivity contribution in [3.63, 3.8) is 0 Å². The lowest BCUT2D eigenvalue weighted by atomic mass is 10.1. The van der Waals surface area contributed by atoms with E-state index < -0.39 is 11.9 Å². The molecule has 5 nitrogen and oxygen atoms in total. The monoisotopic (exact) mass is 258 g/mol. The van der Waals surface area contributed by atoms with Crippen molar-refractivity contribution in [2.24, 2.45) is 0 Å². The van der Waals surface area contributed by atoms with E-state index in [0.717, 1.165) is 0 Å². The molecule has 0 atom stereocenters. The Morgan fingerprint density at radius 3 is 2.84 bits per heavy atom. The molecule has 96 valence electrons. The van der Waals surface area contributed by atoms with Gasteiger partial charge in [-0.2, -0.15) is 0 Å². The van der Waals surface area contributed by atoms with E-state index in [1.54, 1.807) is 25.1 Å². The first-order chi connectivity index (χ1) is 9.10. The number of fused-ring (bicyclic) bond motifs is 1. The molecule has 5 heteroatoms. The first-order valence-electron chi connectivity index (χ1n) is 5.56. The van der Waals surface area contributed by atoms with Crippen LogP contribution < -0.4 is 0 Å². The number of benzene rings is 1. The number of carbonyl (C=O) groups is 2. The van der Waals surface area contributed by atoms with E-state index in [2.05, 4.69) is 16.6 Å². The minimum absolute atomic E-state index is 0.134. The number of furan rings is 1. The molecule has 1 N–H and O–H groups in total. The highest BCUT2D eigenvalue weighted by molar-refractivity contribution is 5.92. The maximum Gasteiger partial charge on any atom is 0.384 e. The Morgan fingerprint density at radius 2 is 2.16 bits per heavy atom. The number of hydrogen-bond acceptors (Lipinski definition) is 4. The van der Waals surface area contributed by atoms with E-state index in [4.69, 9.17) is 9.52 Å². The van der Waals surface area contributed by atoms with Crippen molar-refractivity contribution in [2.45, 2.75) is 6.92 Å². The van der Waals surface area contributed by atoms with Gasteiger partial charge in [-0.3, -0.25) is 0 Å². The van der Waals surface area contributed by atoms with E-state index in [0.29, 0.717) is 16.5 Å². The number of ether oxygens (including phenoxy) is 1. The van der Waals surface area contributed by atoms with E-state index in [1.807, 2.05) is 0 Å². The van der Waals surface area contributed by atoms with Crippen molar-refractivity contribution in [2.75, 3.05) is 6.61 Å². The molecule has 0 spiro atoms. The summed E-state index contributed by atoms with van der Waals surface area (Å²) in [5.41, 5.74) is 1.04. The molecule has 0 radical (unpaired) electrons. The van der Waals surface area contributed by atoms with Crippen LogP contribution in [0.2, 0.25) is 0 Å². The second-order valence-electron chi connectivity index (χ2n) is 3.64. The van der Waals surface area contributed by atoms with Gasteiger partial charge in [-0.25, -0.2) is 9.59 Å². The van der Waals surface area contributed by atoms with Crippen LogP contribution in [0.4, 0.5) is 0 Å². The van der Waals surface area contributed by atoms with Crippen LogP contribution in [-0.2, 0) is 9.53 Å². The van der Waals surface area contributed by atoms with Gasteiger partial charge in [-0.15, -0.1) is 0 Å². The lowest BCUT2D eigenvalue weighted by Gasteiger charge is -1.92. The summed E-state index contributed by atoms with van der Waals surface area (Å²) in [4.78, 5) is 21.8. The van der Waals surface area contributed by atoms with Crippen molar-refractivity contribution in [1.29, 1.82) is 0 Å². The van der Waals surface area contributed by atoms with Crippen molar-refractivity contribution < 1.29 is 23.8 Å². The second-order valence-corrected chi connectivity index (χ2v) is 3.64. The van der Waals surface area contributed by atoms with Crippen LogP contribution in [0.3, 0.4) is 0 Å². The zero-order valence-electron chi connectivity index (χ0n) is 10.1. The Kier molecular flexibility index (Phi) is 3.53. The molecule has 0 amide bonds. The summed E-state index contributed by atoms with van der Waals surface area (Å²) in [6, 6.07) is 6.31. The second kappa shape index (κ2) is 5.27. The lowest BCUT2D eigenvalue weighted by molar-refractivity contribution is -0.136. The molecule has 0 fully saturated rings. The van der Waals surface area contributed by atoms with E-state index in [1.165, 1.54) is 6.07 Å². The highest BCUT2D eigenvalue weighted by Gasteiger charge is 2.10. The topological polar surface area (TPSA) is 76.7 Å². The molecular weight excluding hydrogens is 248 g/mol. The van der Waals surface area contributed by atoms with Crippen LogP contribution in [0.5, 0.6) is 0 Å². The third-order valence-electron chi connectivity index (χ3n) is 2.31. The third-order valence-corrected chi connectivity index (χ3v) is 2.31. The highest BCUT2D eigenvalue weighted by atomic mass is 16.5. The number of aromatic carboxylic acids is 1. The minimum atomic E-state index is -1.13. The van der Waals surface area contributed by atoms with E-state index >= 15 is 0 Å². The number of rotatable bonds is 2. The maximum atomic E-state index is 11.1. The molecule has 2 aromatic rings. The van der Waals surface area contributed by atoms with Crippen LogP contribution >= 0.6 is 0 Å². The molecular formula is C14H10O5. The molecule has 2 rings (SSSR count). The summed E-state index contributed by atoms with van der Waals surface area (Å²) in [6.07, 6.45) is 0. The van der Waals surface area contributed by atoms with Gasteiger partial charge >= 0.3 is 11.9 Å². The zero-order chi connectivity index (χ0) is 13.8. The van der Waals surface area contributed by atoms with Gasteiger partial charge in [0.15, 0.2) is 0 Å². The number of carboxylic acids is 1.